The number of hydroxylamine groups is 2. The second-order valence-electron chi connectivity index (χ2n) is 5.23. The van der Waals surface area contributed by atoms with Crippen LogP contribution < -0.4 is 10.1 Å². The van der Waals surface area contributed by atoms with Gasteiger partial charge in [-0.3, -0.25) is 14.5 Å². The molecular formula is C14H15N3O6S. The number of nitrogens with zero attached hydrogens (tertiary/aromatic N) is 2. The Kier molecular flexibility index (Phi) is 4.60. The van der Waals surface area contributed by atoms with Gasteiger partial charge in [0.15, 0.2) is 6.61 Å². The number of β-lactam (4-membered cyclic amide) rings is 1. The van der Waals surface area contributed by atoms with Gasteiger partial charge in [0.05, 0.1) is 5.88 Å². The number of hydrogen-bond acceptors (Lipinski definition) is 7. The molecule has 2 fully saturated rings. The van der Waals surface area contributed by atoms with Gasteiger partial charge < -0.3 is 20.4 Å². The van der Waals surface area contributed by atoms with Crippen LogP contribution in [0.15, 0.2) is 30.3 Å². The number of carbonyl (C=O) groups excluding carboxylic acids is 2. The molecule has 3 rings (SSSR count). The highest BCUT2D eigenvalue weighted by molar-refractivity contribution is 8.00. The molecule has 0 aromatic heterocycles. The van der Waals surface area contributed by atoms with Crippen LogP contribution in [0.25, 0.3) is 0 Å². The minimum Gasteiger partial charge on any atom is -0.484 e. The maximum Gasteiger partial charge on any atom is 0.344 e. The smallest absolute Gasteiger partial charge is 0.344 e. The van der Waals surface area contributed by atoms with Gasteiger partial charge in [0, 0.05) is 0 Å². The fraction of sp³-hybridized carbons (Fsp3) is 0.357. The fourth-order valence-corrected chi connectivity index (χ4v) is 3.75. The lowest BCUT2D eigenvalue weighted by Gasteiger charge is -2.53. The lowest BCUT2D eigenvalue weighted by molar-refractivity contribution is -0.208. The largest absolute Gasteiger partial charge is 0.484 e. The summed E-state index contributed by atoms with van der Waals surface area (Å²) in [4.78, 5) is 36.3. The molecule has 3 N–H and O–H groups in total. The van der Waals surface area contributed by atoms with E-state index in [2.05, 4.69) is 5.32 Å². The van der Waals surface area contributed by atoms with Crippen molar-refractivity contribution < 1.29 is 29.4 Å². The lowest BCUT2D eigenvalue weighted by atomic mass is 10.1. The molecule has 0 aliphatic carbocycles. The number of benzene rings is 1. The average Bonchev–Trinajstić information content (AvgIpc) is 2.58. The van der Waals surface area contributed by atoms with Crippen LogP contribution in [-0.2, 0) is 14.4 Å². The van der Waals surface area contributed by atoms with E-state index in [1.54, 1.807) is 24.3 Å². The van der Waals surface area contributed by atoms with Crippen molar-refractivity contribution in [1.82, 2.24) is 15.3 Å². The second kappa shape index (κ2) is 6.67. The summed E-state index contributed by atoms with van der Waals surface area (Å²) in [6.07, 6.45) is -1.43. The van der Waals surface area contributed by atoms with E-state index in [4.69, 9.17) is 9.84 Å². The van der Waals surface area contributed by atoms with Crippen LogP contribution in [0.5, 0.6) is 5.75 Å². The third kappa shape index (κ3) is 3.03. The summed E-state index contributed by atoms with van der Waals surface area (Å²) in [5, 5.41) is 21.3. The number of fused-ring (bicyclic) bond motifs is 1. The molecule has 9 nitrogen and oxygen atoms in total. The molecule has 24 heavy (non-hydrogen) atoms. The number of rotatable bonds is 5. The first-order chi connectivity index (χ1) is 11.5. The Balaban J connectivity index is 1.56. The Bertz CT molecular complexity index is 657. The summed E-state index contributed by atoms with van der Waals surface area (Å²) >= 11 is 1.17. The van der Waals surface area contributed by atoms with Gasteiger partial charge in [0.1, 0.15) is 17.2 Å². The molecule has 10 heteroatoms. The molecule has 2 saturated heterocycles. The number of carboxylic acids is 1. The number of hydrogen-bond donors (Lipinski definition) is 3. The van der Waals surface area contributed by atoms with E-state index in [1.807, 2.05) is 6.07 Å². The average molecular weight is 353 g/mol. The molecule has 1 aromatic carbocycles. The second-order valence-corrected chi connectivity index (χ2v) is 6.30. The highest BCUT2D eigenvalue weighted by Crippen LogP contribution is 2.37. The van der Waals surface area contributed by atoms with E-state index in [-0.39, 0.29) is 12.5 Å². The third-order valence-corrected chi connectivity index (χ3v) is 4.91. The van der Waals surface area contributed by atoms with Crippen LogP contribution in [-0.4, -0.2) is 68.1 Å². The Labute approximate surface area is 141 Å². The van der Waals surface area contributed by atoms with Crippen LogP contribution in [0.3, 0.4) is 0 Å². The third-order valence-electron chi connectivity index (χ3n) is 3.65. The quantitative estimate of drug-likeness (QED) is 0.608. The summed E-state index contributed by atoms with van der Waals surface area (Å²) in [5.74, 6) is -1.79. The molecule has 0 radical (unpaired) electrons. The molecule has 3 atom stereocenters. The minimum atomic E-state index is -1.43. The van der Waals surface area contributed by atoms with Crippen molar-refractivity contribution in [2.24, 2.45) is 0 Å². The topological polar surface area (TPSA) is 119 Å². The highest BCUT2D eigenvalue weighted by Gasteiger charge is 2.57. The van der Waals surface area contributed by atoms with Gasteiger partial charge in [0.2, 0.25) is 6.17 Å². The van der Waals surface area contributed by atoms with Crippen molar-refractivity contribution in [3.05, 3.63) is 30.3 Å². The summed E-state index contributed by atoms with van der Waals surface area (Å²) in [6, 6.07) is 7.94. The standard InChI is InChI=1S/C14H15N3O6S/c18-9(6-23-8-4-2-1-3-5-8)15-10-12(19)17-11(14(20)21)16(22)7-24-13(10)17/h1-5,10-11,13,22H,6-7H2,(H,15,18)(H,20,21). The molecule has 2 aliphatic rings. The molecular weight excluding hydrogens is 338 g/mol. The molecule has 2 heterocycles. The predicted molar refractivity (Wildman–Crippen MR) is 82.0 cm³/mol. The molecule has 0 saturated carbocycles. The number of thioether (sulfide) groups is 1. The normalized spacial score (nSPS) is 26.3. The van der Waals surface area contributed by atoms with E-state index in [0.717, 1.165) is 4.90 Å². The highest BCUT2D eigenvalue weighted by atomic mass is 32.2. The van der Waals surface area contributed by atoms with Gasteiger partial charge in [-0.2, -0.15) is 0 Å². The number of ether oxygens (including phenoxy) is 1. The minimum absolute atomic E-state index is 0.0261. The van der Waals surface area contributed by atoms with Gasteiger partial charge in [-0.05, 0) is 12.1 Å². The van der Waals surface area contributed by atoms with Gasteiger partial charge >= 0.3 is 5.97 Å². The van der Waals surface area contributed by atoms with Crippen molar-refractivity contribution in [3.8, 4) is 5.75 Å². The van der Waals surface area contributed by atoms with Crippen LogP contribution in [0.4, 0.5) is 0 Å². The molecule has 0 spiro atoms. The van der Waals surface area contributed by atoms with E-state index < -0.39 is 35.4 Å². The van der Waals surface area contributed by atoms with E-state index in [0.29, 0.717) is 10.8 Å². The van der Waals surface area contributed by atoms with E-state index >= 15 is 0 Å². The van der Waals surface area contributed by atoms with Crippen molar-refractivity contribution in [3.63, 3.8) is 0 Å². The molecule has 2 amide bonds. The zero-order valence-electron chi connectivity index (χ0n) is 12.4. The van der Waals surface area contributed by atoms with Crippen LogP contribution in [0.2, 0.25) is 0 Å². The fourth-order valence-electron chi connectivity index (χ4n) is 2.55. The maximum absolute atomic E-state index is 12.1. The zero-order valence-corrected chi connectivity index (χ0v) is 13.2. The van der Waals surface area contributed by atoms with Gasteiger partial charge in [0.25, 0.3) is 11.8 Å². The first-order valence-electron chi connectivity index (χ1n) is 7.08. The van der Waals surface area contributed by atoms with Crippen molar-refractivity contribution in [2.45, 2.75) is 17.6 Å². The van der Waals surface area contributed by atoms with Gasteiger partial charge in [-0.15, -0.1) is 16.8 Å². The number of nitrogens with one attached hydrogen (secondary N) is 1. The van der Waals surface area contributed by atoms with Gasteiger partial charge in [-0.1, -0.05) is 18.2 Å². The van der Waals surface area contributed by atoms with E-state index in [9.17, 15) is 19.6 Å². The number of carboxylic acid groups (broad SMARTS) is 1. The molecule has 3 unspecified atom stereocenters. The maximum atomic E-state index is 12.1. The van der Waals surface area contributed by atoms with Crippen LogP contribution >= 0.6 is 11.8 Å². The number of amides is 2. The molecule has 128 valence electrons. The van der Waals surface area contributed by atoms with E-state index in [1.165, 1.54) is 11.8 Å². The predicted octanol–water partition coefficient (Wildman–Crippen LogP) is -0.475. The van der Waals surface area contributed by atoms with Crippen LogP contribution in [0, 0.1) is 0 Å². The Morgan fingerprint density at radius 1 is 1.33 bits per heavy atom. The Morgan fingerprint density at radius 3 is 2.71 bits per heavy atom. The summed E-state index contributed by atoms with van der Waals surface area (Å²) in [6.45, 7) is -0.250. The Hall–Kier alpha value is -2.30. The van der Waals surface area contributed by atoms with Gasteiger partial charge in [-0.25, -0.2) is 4.79 Å². The zero-order chi connectivity index (χ0) is 17.3. The number of para-hydroxylation sites is 1. The summed E-state index contributed by atoms with van der Waals surface area (Å²) in [5.41, 5.74) is 0. The number of carbonyl (C=O) groups is 3. The lowest BCUT2D eigenvalue weighted by Crippen LogP contribution is -2.77. The monoisotopic (exact) mass is 353 g/mol. The summed E-state index contributed by atoms with van der Waals surface area (Å²) < 4.78 is 5.30. The molecule has 1 aromatic rings. The summed E-state index contributed by atoms with van der Waals surface area (Å²) in [7, 11) is 0. The van der Waals surface area contributed by atoms with Crippen LogP contribution in [0.1, 0.15) is 0 Å². The van der Waals surface area contributed by atoms with Crippen molar-refractivity contribution in [1.29, 1.82) is 0 Å². The first-order valence-corrected chi connectivity index (χ1v) is 8.13. The molecule has 0 bridgehead atoms. The number of aliphatic carboxylic acids is 1. The van der Waals surface area contributed by atoms with Crippen molar-refractivity contribution in [2.75, 3.05) is 12.5 Å². The first kappa shape index (κ1) is 16.6. The molecule has 2 aliphatic heterocycles. The van der Waals surface area contributed by atoms with Crippen molar-refractivity contribution >= 4 is 29.5 Å². The Morgan fingerprint density at radius 2 is 2.04 bits per heavy atom. The SMILES string of the molecule is O=C(COc1ccccc1)NC1C(=O)N2C1SCN(O)C2C(=O)O.